The maximum atomic E-state index is 2.54. The van der Waals surface area contributed by atoms with E-state index < -0.39 is 0 Å². The molecule has 1 heteroatoms. The van der Waals surface area contributed by atoms with Gasteiger partial charge in [-0.05, 0) is 94.6 Å². The number of hydrogen-bond donors (Lipinski definition) is 0. The van der Waals surface area contributed by atoms with Crippen LogP contribution in [0.4, 0.5) is 11.4 Å². The first-order valence-corrected chi connectivity index (χ1v) is 17.8. The van der Waals surface area contributed by atoms with Gasteiger partial charge in [-0.3, -0.25) is 0 Å². The summed E-state index contributed by atoms with van der Waals surface area (Å²) in [6.45, 7) is 6.77. The smallest absolute Gasteiger partial charge is 0.0411 e. The molecule has 0 aliphatic heterocycles. The zero-order valence-electron chi connectivity index (χ0n) is 28.5. The van der Waals surface area contributed by atoms with Crippen LogP contribution in [0.15, 0.2) is 115 Å². The van der Waals surface area contributed by atoms with Gasteiger partial charge in [0, 0.05) is 23.8 Å². The second kappa shape index (κ2) is 14.5. The summed E-state index contributed by atoms with van der Waals surface area (Å²) in [6, 6.07) is 43.4. The number of fused-ring (bicyclic) bond motifs is 3. The number of nitrogens with zero attached hydrogens (tertiary/aromatic N) is 1. The average Bonchev–Trinajstić information content (AvgIpc) is 3.37. The summed E-state index contributed by atoms with van der Waals surface area (Å²) < 4.78 is 0. The summed E-state index contributed by atoms with van der Waals surface area (Å²) in [4.78, 5) is 2.37. The number of unbranched alkanes of at least 4 members (excludes halogenated alkanes) is 6. The molecule has 0 spiro atoms. The lowest BCUT2D eigenvalue weighted by Crippen LogP contribution is -2.26. The standard InChI is InChI=1S/C45H51N/c1-5-7-9-13-30-45(31-14-10-8-6-2)43-19-12-11-18-41(43)42-29-28-40(33-44(42)45)46(4)39-26-24-36(25-27-39)38-17-15-16-37(32-38)35-22-20-34(3)21-23-35/h11-12,15-29,32-33H,5-10,13-14,30-31H2,1-4H3. The Kier molecular flexibility index (Phi) is 10.1. The zero-order valence-corrected chi connectivity index (χ0v) is 28.5. The molecular formula is C45H51N. The van der Waals surface area contributed by atoms with Crippen LogP contribution >= 0.6 is 0 Å². The third-order valence-electron chi connectivity index (χ3n) is 10.4. The molecule has 0 heterocycles. The van der Waals surface area contributed by atoms with Gasteiger partial charge in [-0.15, -0.1) is 0 Å². The summed E-state index contributed by atoms with van der Waals surface area (Å²) in [7, 11) is 2.22. The van der Waals surface area contributed by atoms with Crippen molar-refractivity contribution in [1.82, 2.24) is 0 Å². The van der Waals surface area contributed by atoms with Gasteiger partial charge in [0.25, 0.3) is 0 Å². The number of hydrogen-bond acceptors (Lipinski definition) is 1. The lowest BCUT2D eigenvalue weighted by Gasteiger charge is -2.33. The monoisotopic (exact) mass is 605 g/mol. The van der Waals surface area contributed by atoms with Crippen molar-refractivity contribution in [2.75, 3.05) is 11.9 Å². The highest BCUT2D eigenvalue weighted by atomic mass is 15.1. The molecule has 0 bridgehead atoms. The molecule has 0 N–H and O–H groups in total. The van der Waals surface area contributed by atoms with Gasteiger partial charge in [-0.1, -0.05) is 156 Å². The van der Waals surface area contributed by atoms with Gasteiger partial charge in [0.1, 0.15) is 0 Å². The van der Waals surface area contributed by atoms with E-state index in [2.05, 4.69) is 148 Å². The van der Waals surface area contributed by atoms with Gasteiger partial charge in [-0.2, -0.15) is 0 Å². The maximum absolute atomic E-state index is 2.54. The summed E-state index contributed by atoms with van der Waals surface area (Å²) in [5.41, 5.74) is 14.9. The van der Waals surface area contributed by atoms with Crippen LogP contribution < -0.4 is 4.90 Å². The van der Waals surface area contributed by atoms with Gasteiger partial charge in [0.05, 0.1) is 0 Å². The Morgan fingerprint density at radius 1 is 0.478 bits per heavy atom. The molecule has 236 valence electrons. The molecule has 0 saturated carbocycles. The van der Waals surface area contributed by atoms with E-state index in [1.54, 1.807) is 11.1 Å². The van der Waals surface area contributed by atoms with E-state index in [4.69, 9.17) is 0 Å². The second-order valence-corrected chi connectivity index (χ2v) is 13.5. The van der Waals surface area contributed by atoms with Crippen LogP contribution in [0.25, 0.3) is 33.4 Å². The third kappa shape index (κ3) is 6.57. The zero-order chi connectivity index (χ0) is 31.9. The van der Waals surface area contributed by atoms with Crippen LogP contribution in [-0.4, -0.2) is 7.05 Å². The van der Waals surface area contributed by atoms with Crippen molar-refractivity contribution >= 4 is 11.4 Å². The maximum Gasteiger partial charge on any atom is 0.0411 e. The molecule has 6 rings (SSSR count). The van der Waals surface area contributed by atoms with E-state index in [-0.39, 0.29) is 5.41 Å². The Labute approximate surface area is 278 Å². The van der Waals surface area contributed by atoms with Gasteiger partial charge >= 0.3 is 0 Å². The predicted molar refractivity (Wildman–Crippen MR) is 200 cm³/mol. The second-order valence-electron chi connectivity index (χ2n) is 13.5. The lowest BCUT2D eigenvalue weighted by atomic mass is 9.70. The van der Waals surface area contributed by atoms with E-state index in [1.807, 2.05) is 0 Å². The normalized spacial score (nSPS) is 13.0. The fraction of sp³-hybridized carbons (Fsp3) is 0.333. The van der Waals surface area contributed by atoms with E-state index in [0.29, 0.717) is 0 Å². The van der Waals surface area contributed by atoms with Gasteiger partial charge in [0.2, 0.25) is 0 Å². The van der Waals surface area contributed by atoms with Crippen molar-refractivity contribution in [3.05, 3.63) is 132 Å². The minimum atomic E-state index is 0.108. The molecule has 0 amide bonds. The highest BCUT2D eigenvalue weighted by Gasteiger charge is 2.42. The Hall–Kier alpha value is -4.10. The topological polar surface area (TPSA) is 3.24 Å². The molecule has 1 aliphatic rings. The first-order chi connectivity index (χ1) is 22.5. The van der Waals surface area contributed by atoms with E-state index in [9.17, 15) is 0 Å². The Bertz CT molecular complexity index is 1710. The Morgan fingerprint density at radius 2 is 1.04 bits per heavy atom. The minimum Gasteiger partial charge on any atom is -0.345 e. The molecule has 5 aromatic carbocycles. The van der Waals surface area contributed by atoms with Gasteiger partial charge < -0.3 is 4.90 Å². The minimum absolute atomic E-state index is 0.108. The number of rotatable bonds is 14. The number of benzene rings is 5. The Morgan fingerprint density at radius 3 is 1.67 bits per heavy atom. The van der Waals surface area contributed by atoms with Crippen molar-refractivity contribution in [1.29, 1.82) is 0 Å². The molecule has 5 aromatic rings. The SMILES string of the molecule is CCCCCCC1(CCCCCC)c2ccccc2-c2ccc(N(C)c3ccc(-c4cccc(-c5ccc(C)cc5)c4)cc3)cc21. The first-order valence-electron chi connectivity index (χ1n) is 17.8. The molecule has 0 fully saturated rings. The fourth-order valence-corrected chi connectivity index (χ4v) is 7.67. The third-order valence-corrected chi connectivity index (χ3v) is 10.4. The molecule has 0 saturated heterocycles. The molecular weight excluding hydrogens is 555 g/mol. The van der Waals surface area contributed by atoms with Crippen molar-refractivity contribution in [2.24, 2.45) is 0 Å². The first kappa shape index (κ1) is 31.9. The van der Waals surface area contributed by atoms with Crippen molar-refractivity contribution in [3.8, 4) is 33.4 Å². The van der Waals surface area contributed by atoms with Crippen LogP contribution in [0.2, 0.25) is 0 Å². The van der Waals surface area contributed by atoms with Gasteiger partial charge in [-0.25, -0.2) is 0 Å². The van der Waals surface area contributed by atoms with Crippen molar-refractivity contribution in [2.45, 2.75) is 90.4 Å². The van der Waals surface area contributed by atoms with Crippen molar-refractivity contribution < 1.29 is 0 Å². The summed E-state index contributed by atoms with van der Waals surface area (Å²) in [5.74, 6) is 0. The molecule has 0 radical (unpaired) electrons. The van der Waals surface area contributed by atoms with Crippen LogP contribution in [-0.2, 0) is 5.41 Å². The Balaban J connectivity index is 1.29. The molecule has 0 aromatic heterocycles. The van der Waals surface area contributed by atoms with Crippen LogP contribution in [0.5, 0.6) is 0 Å². The predicted octanol–water partition coefficient (Wildman–Crippen LogP) is 13.3. The van der Waals surface area contributed by atoms with Crippen LogP contribution in [0, 0.1) is 6.92 Å². The highest BCUT2D eigenvalue weighted by molar-refractivity contribution is 5.84. The van der Waals surface area contributed by atoms with E-state index in [0.717, 1.165) is 0 Å². The van der Waals surface area contributed by atoms with E-state index in [1.165, 1.54) is 115 Å². The molecule has 0 unspecified atom stereocenters. The summed E-state index contributed by atoms with van der Waals surface area (Å²) >= 11 is 0. The summed E-state index contributed by atoms with van der Waals surface area (Å²) in [5, 5.41) is 0. The van der Waals surface area contributed by atoms with Crippen LogP contribution in [0.1, 0.15) is 94.7 Å². The van der Waals surface area contributed by atoms with E-state index >= 15 is 0 Å². The largest absolute Gasteiger partial charge is 0.345 e. The molecule has 46 heavy (non-hydrogen) atoms. The highest BCUT2D eigenvalue weighted by Crippen LogP contribution is 2.55. The quantitative estimate of drug-likeness (QED) is 0.114. The molecule has 1 nitrogen and oxygen atoms in total. The average molecular weight is 606 g/mol. The summed E-state index contributed by atoms with van der Waals surface area (Å²) in [6.07, 6.45) is 12.9. The number of anilines is 2. The molecule has 1 aliphatic carbocycles. The number of aryl methyl sites for hydroxylation is 1. The van der Waals surface area contributed by atoms with Crippen LogP contribution in [0.3, 0.4) is 0 Å². The fourth-order valence-electron chi connectivity index (χ4n) is 7.67. The van der Waals surface area contributed by atoms with Gasteiger partial charge in [0.15, 0.2) is 0 Å². The molecule has 0 atom stereocenters. The lowest BCUT2D eigenvalue weighted by molar-refractivity contribution is 0.401. The van der Waals surface area contributed by atoms with Crippen molar-refractivity contribution in [3.63, 3.8) is 0 Å².